The van der Waals surface area contributed by atoms with Crippen molar-refractivity contribution < 1.29 is 9.90 Å². The van der Waals surface area contributed by atoms with Gasteiger partial charge in [0.2, 0.25) is 0 Å². The largest absolute Gasteiger partial charge is 0.481 e. The van der Waals surface area contributed by atoms with E-state index in [1.807, 2.05) is 0 Å². The molecule has 14 heavy (non-hydrogen) atoms. The van der Waals surface area contributed by atoms with Crippen molar-refractivity contribution in [3.63, 3.8) is 0 Å². The highest BCUT2D eigenvalue weighted by Gasteiger charge is 2.42. The fourth-order valence-corrected chi connectivity index (χ4v) is 1.80. The molecule has 1 saturated carbocycles. The van der Waals surface area contributed by atoms with Crippen LogP contribution in [0.1, 0.15) is 17.5 Å². The highest BCUT2D eigenvalue weighted by molar-refractivity contribution is 5.73. The lowest BCUT2D eigenvalue weighted by atomic mass is 10.1. The van der Waals surface area contributed by atoms with E-state index in [1.165, 1.54) is 11.1 Å². The van der Waals surface area contributed by atoms with Crippen LogP contribution in [0.2, 0.25) is 0 Å². The van der Waals surface area contributed by atoms with Crippen LogP contribution in [0, 0.1) is 18.8 Å². The molecule has 0 aromatic heterocycles. The number of benzene rings is 1. The molecule has 0 unspecified atom stereocenters. The monoisotopic (exact) mass is 190 g/mol. The van der Waals surface area contributed by atoms with Gasteiger partial charge in [0.05, 0.1) is 5.92 Å². The lowest BCUT2D eigenvalue weighted by Gasteiger charge is -1.99. The lowest BCUT2D eigenvalue weighted by Crippen LogP contribution is -2.01. The number of aryl methyl sites for hydroxylation is 1. The Morgan fingerprint density at radius 3 is 2.57 bits per heavy atom. The van der Waals surface area contributed by atoms with Crippen molar-refractivity contribution in [1.82, 2.24) is 0 Å². The van der Waals surface area contributed by atoms with Crippen molar-refractivity contribution in [3.8, 4) is 0 Å². The Morgan fingerprint density at radius 1 is 1.43 bits per heavy atom. The molecule has 1 fully saturated rings. The molecule has 0 heterocycles. The van der Waals surface area contributed by atoms with Crippen molar-refractivity contribution in [1.29, 1.82) is 0 Å². The van der Waals surface area contributed by atoms with E-state index in [9.17, 15) is 4.79 Å². The highest BCUT2D eigenvalue weighted by atomic mass is 16.4. The summed E-state index contributed by atoms with van der Waals surface area (Å²) in [6.07, 6.45) is 1.76. The fraction of sp³-hybridized carbons (Fsp3) is 0.417. The van der Waals surface area contributed by atoms with E-state index in [-0.39, 0.29) is 5.92 Å². The summed E-state index contributed by atoms with van der Waals surface area (Å²) >= 11 is 0. The zero-order chi connectivity index (χ0) is 10.1. The Balaban J connectivity index is 1.94. The molecule has 1 aliphatic rings. The molecular formula is C12H14O2. The molecule has 1 aromatic carbocycles. The van der Waals surface area contributed by atoms with Gasteiger partial charge in [0, 0.05) is 0 Å². The summed E-state index contributed by atoms with van der Waals surface area (Å²) in [6, 6.07) is 8.33. The van der Waals surface area contributed by atoms with Crippen LogP contribution in [0.15, 0.2) is 24.3 Å². The number of rotatable bonds is 3. The summed E-state index contributed by atoms with van der Waals surface area (Å²) < 4.78 is 0. The van der Waals surface area contributed by atoms with Gasteiger partial charge in [-0.25, -0.2) is 0 Å². The summed E-state index contributed by atoms with van der Waals surface area (Å²) in [6.45, 7) is 2.06. The maximum Gasteiger partial charge on any atom is 0.306 e. The predicted octanol–water partition coefficient (Wildman–Crippen LogP) is 2.26. The van der Waals surface area contributed by atoms with Gasteiger partial charge in [-0.05, 0) is 31.2 Å². The van der Waals surface area contributed by atoms with E-state index in [0.717, 1.165) is 12.8 Å². The molecule has 74 valence electrons. The van der Waals surface area contributed by atoms with E-state index in [4.69, 9.17) is 5.11 Å². The van der Waals surface area contributed by atoms with Gasteiger partial charge >= 0.3 is 5.97 Å². The van der Waals surface area contributed by atoms with Gasteiger partial charge < -0.3 is 5.11 Å². The summed E-state index contributed by atoms with van der Waals surface area (Å²) in [7, 11) is 0. The molecule has 2 rings (SSSR count). The Labute approximate surface area is 83.6 Å². The number of carboxylic acids is 1. The predicted molar refractivity (Wildman–Crippen MR) is 54.1 cm³/mol. The molecule has 1 N–H and O–H groups in total. The minimum Gasteiger partial charge on any atom is -0.481 e. The lowest BCUT2D eigenvalue weighted by molar-refractivity contribution is -0.138. The topological polar surface area (TPSA) is 37.3 Å². The number of aliphatic carboxylic acids is 1. The minimum atomic E-state index is -0.637. The number of carboxylic acid groups (broad SMARTS) is 1. The third kappa shape index (κ3) is 1.95. The first-order chi connectivity index (χ1) is 6.66. The summed E-state index contributed by atoms with van der Waals surface area (Å²) in [5, 5.41) is 8.75. The third-order valence-corrected chi connectivity index (χ3v) is 2.86. The van der Waals surface area contributed by atoms with E-state index in [0.29, 0.717) is 5.92 Å². The molecule has 2 nitrogen and oxygen atoms in total. The second kappa shape index (κ2) is 3.45. The van der Waals surface area contributed by atoms with Crippen molar-refractivity contribution in [2.75, 3.05) is 0 Å². The quantitative estimate of drug-likeness (QED) is 0.793. The van der Waals surface area contributed by atoms with Gasteiger partial charge in [-0.3, -0.25) is 4.79 Å². The van der Waals surface area contributed by atoms with Crippen LogP contribution in [0.4, 0.5) is 0 Å². The number of carbonyl (C=O) groups is 1. The SMILES string of the molecule is Cc1ccc(C[C@@H]2C[C@H]2C(=O)O)cc1. The van der Waals surface area contributed by atoms with Crippen LogP contribution < -0.4 is 0 Å². The van der Waals surface area contributed by atoms with Crippen LogP contribution in [0.5, 0.6) is 0 Å². The van der Waals surface area contributed by atoms with Gasteiger partial charge in [-0.1, -0.05) is 29.8 Å². The van der Waals surface area contributed by atoms with Crippen molar-refractivity contribution in [2.24, 2.45) is 11.8 Å². The molecule has 1 aliphatic carbocycles. The van der Waals surface area contributed by atoms with Crippen LogP contribution in [-0.2, 0) is 11.2 Å². The maximum atomic E-state index is 10.6. The van der Waals surface area contributed by atoms with Crippen LogP contribution in [0.25, 0.3) is 0 Å². The molecule has 0 aliphatic heterocycles. The number of hydrogen-bond donors (Lipinski definition) is 1. The number of hydrogen-bond acceptors (Lipinski definition) is 1. The molecule has 0 radical (unpaired) electrons. The molecule has 0 saturated heterocycles. The normalized spacial score (nSPS) is 24.6. The molecular weight excluding hydrogens is 176 g/mol. The van der Waals surface area contributed by atoms with E-state index >= 15 is 0 Å². The summed E-state index contributed by atoms with van der Waals surface area (Å²) in [5.74, 6) is -0.353. The first-order valence-corrected chi connectivity index (χ1v) is 4.95. The molecule has 1 aromatic rings. The molecule has 0 bridgehead atoms. The molecule has 2 heteroatoms. The van der Waals surface area contributed by atoms with Gasteiger partial charge in [0.25, 0.3) is 0 Å². The van der Waals surface area contributed by atoms with Crippen LogP contribution >= 0.6 is 0 Å². The second-order valence-electron chi connectivity index (χ2n) is 4.13. The van der Waals surface area contributed by atoms with Crippen molar-refractivity contribution in [3.05, 3.63) is 35.4 Å². The molecule has 0 spiro atoms. The van der Waals surface area contributed by atoms with E-state index in [1.54, 1.807) is 0 Å². The Morgan fingerprint density at radius 2 is 2.07 bits per heavy atom. The first kappa shape index (κ1) is 9.25. The Kier molecular flexibility index (Phi) is 2.28. The zero-order valence-electron chi connectivity index (χ0n) is 8.23. The smallest absolute Gasteiger partial charge is 0.306 e. The summed E-state index contributed by atoms with van der Waals surface area (Å²) in [4.78, 5) is 10.6. The zero-order valence-corrected chi connectivity index (χ0v) is 8.23. The van der Waals surface area contributed by atoms with Crippen molar-refractivity contribution in [2.45, 2.75) is 19.8 Å². The first-order valence-electron chi connectivity index (χ1n) is 4.95. The standard InChI is InChI=1S/C12H14O2/c1-8-2-4-9(5-3-8)6-10-7-11(10)12(13)14/h2-5,10-11H,6-7H2,1H3,(H,13,14)/t10-,11-/m1/s1. The van der Waals surface area contributed by atoms with Crippen LogP contribution in [-0.4, -0.2) is 11.1 Å². The average molecular weight is 190 g/mol. The van der Waals surface area contributed by atoms with Gasteiger partial charge in [-0.15, -0.1) is 0 Å². The van der Waals surface area contributed by atoms with Crippen LogP contribution in [0.3, 0.4) is 0 Å². The van der Waals surface area contributed by atoms with E-state index in [2.05, 4.69) is 31.2 Å². The highest BCUT2D eigenvalue weighted by Crippen LogP contribution is 2.41. The van der Waals surface area contributed by atoms with Gasteiger partial charge in [0.15, 0.2) is 0 Å². The van der Waals surface area contributed by atoms with E-state index < -0.39 is 5.97 Å². The van der Waals surface area contributed by atoms with Gasteiger partial charge in [0.1, 0.15) is 0 Å². The summed E-state index contributed by atoms with van der Waals surface area (Å²) in [5.41, 5.74) is 2.50. The average Bonchev–Trinajstić information content (AvgIpc) is 2.88. The van der Waals surface area contributed by atoms with Crippen molar-refractivity contribution >= 4 is 5.97 Å². The van der Waals surface area contributed by atoms with Gasteiger partial charge in [-0.2, -0.15) is 0 Å². The fourth-order valence-electron chi connectivity index (χ4n) is 1.80. The second-order valence-corrected chi connectivity index (χ2v) is 4.13. The Hall–Kier alpha value is -1.31. The molecule has 0 amide bonds. The third-order valence-electron chi connectivity index (χ3n) is 2.86. The maximum absolute atomic E-state index is 10.6. The molecule has 2 atom stereocenters. The minimum absolute atomic E-state index is 0.0868. The Bertz CT molecular complexity index is 340.